The zero-order valence-electron chi connectivity index (χ0n) is 13.1. The first-order valence-corrected chi connectivity index (χ1v) is 7.31. The molecular weight excluding hydrogens is 336 g/mol. The van der Waals surface area contributed by atoms with E-state index in [2.05, 4.69) is 15.2 Å². The number of nitrogens with two attached hydrogens (primary N) is 1. The normalized spacial score (nSPS) is 15.0. The van der Waals surface area contributed by atoms with Crippen molar-refractivity contribution in [2.75, 3.05) is 45.1 Å². The Hall–Kier alpha value is -2.16. The zero-order chi connectivity index (χ0) is 16.7. The maximum Gasteiger partial charge on any atom is 0.328 e. The first-order chi connectivity index (χ1) is 11.1. The number of nitrogens with one attached hydrogen (secondary N) is 1. The van der Waals surface area contributed by atoms with Crippen molar-refractivity contribution in [1.29, 1.82) is 0 Å². The minimum absolute atomic E-state index is 0. The molecule has 4 N–H and O–H groups in total. The second-order valence-corrected chi connectivity index (χ2v) is 5.08. The van der Waals surface area contributed by atoms with Gasteiger partial charge in [-0.3, -0.25) is 9.69 Å². The number of aromatic nitrogens is 1. The van der Waals surface area contributed by atoms with Gasteiger partial charge in [0.25, 0.3) is 5.91 Å². The summed E-state index contributed by atoms with van der Waals surface area (Å²) in [4.78, 5) is 28.8. The molecular formula is C15H21ClN4O4. The van der Waals surface area contributed by atoms with Crippen LogP contribution in [0, 0.1) is 0 Å². The molecule has 2 heterocycles. The van der Waals surface area contributed by atoms with Crippen molar-refractivity contribution < 1.29 is 19.4 Å². The van der Waals surface area contributed by atoms with E-state index in [0.717, 1.165) is 25.7 Å². The summed E-state index contributed by atoms with van der Waals surface area (Å²) in [6, 6.07) is 1.52. The van der Waals surface area contributed by atoms with Gasteiger partial charge in [0.1, 0.15) is 5.82 Å². The van der Waals surface area contributed by atoms with E-state index in [-0.39, 0.29) is 29.7 Å². The molecule has 1 fully saturated rings. The van der Waals surface area contributed by atoms with Crippen LogP contribution >= 0.6 is 12.4 Å². The smallest absolute Gasteiger partial charge is 0.328 e. The molecule has 1 aromatic rings. The van der Waals surface area contributed by atoms with Gasteiger partial charge < -0.3 is 20.9 Å². The molecule has 1 aliphatic rings. The van der Waals surface area contributed by atoms with Gasteiger partial charge in [-0.1, -0.05) is 0 Å². The molecule has 1 aliphatic heterocycles. The average Bonchev–Trinajstić information content (AvgIpc) is 2.55. The molecule has 0 saturated carbocycles. The number of hydrogen-bond acceptors (Lipinski definition) is 6. The molecule has 8 nitrogen and oxygen atoms in total. The summed E-state index contributed by atoms with van der Waals surface area (Å²) in [5.74, 6) is -1.28. The van der Waals surface area contributed by atoms with Crippen LogP contribution < -0.4 is 11.1 Å². The standard InChI is InChI=1S/C15H20N4O4.ClH/c16-14-12(9-11(10-18-14)1-2-13(20)21)15(22)17-3-4-19-5-7-23-8-6-19;/h1-2,9-10H,3-8H2,(H2,16,18)(H,17,22)(H,20,21);1H. The number of halogens is 1. The highest BCUT2D eigenvalue weighted by Crippen LogP contribution is 2.12. The molecule has 132 valence electrons. The van der Waals surface area contributed by atoms with Gasteiger partial charge in [0.15, 0.2) is 0 Å². The molecule has 0 atom stereocenters. The van der Waals surface area contributed by atoms with Crippen molar-refractivity contribution in [2.45, 2.75) is 0 Å². The van der Waals surface area contributed by atoms with Crippen molar-refractivity contribution in [3.8, 4) is 0 Å². The van der Waals surface area contributed by atoms with Crippen LogP contribution in [0.5, 0.6) is 0 Å². The summed E-state index contributed by atoms with van der Waals surface area (Å²) in [6.45, 7) is 4.37. The summed E-state index contributed by atoms with van der Waals surface area (Å²) in [6.07, 6.45) is 3.76. The lowest BCUT2D eigenvalue weighted by atomic mass is 10.1. The fourth-order valence-electron chi connectivity index (χ4n) is 2.18. The predicted octanol–water partition coefficient (Wildman–Crippen LogP) is 0.245. The third-order valence-electron chi connectivity index (χ3n) is 3.42. The Morgan fingerprint density at radius 2 is 2.12 bits per heavy atom. The second kappa shape index (κ2) is 9.86. The molecule has 0 spiro atoms. The molecule has 9 heteroatoms. The fourth-order valence-corrected chi connectivity index (χ4v) is 2.18. The number of nitrogen functional groups attached to an aromatic ring is 1. The van der Waals surface area contributed by atoms with E-state index in [1.54, 1.807) is 0 Å². The van der Waals surface area contributed by atoms with Crippen LogP contribution in [0.3, 0.4) is 0 Å². The van der Waals surface area contributed by atoms with Gasteiger partial charge in [-0.25, -0.2) is 9.78 Å². The number of hydrogen-bond donors (Lipinski definition) is 3. The Bertz CT molecular complexity index is 603. The summed E-state index contributed by atoms with van der Waals surface area (Å²) in [5.41, 5.74) is 6.46. The van der Waals surface area contributed by atoms with Crippen molar-refractivity contribution in [2.24, 2.45) is 0 Å². The van der Waals surface area contributed by atoms with Crippen molar-refractivity contribution in [3.63, 3.8) is 0 Å². The minimum Gasteiger partial charge on any atom is -0.478 e. The van der Waals surface area contributed by atoms with Gasteiger partial charge in [-0.05, 0) is 17.7 Å². The minimum atomic E-state index is -1.07. The topological polar surface area (TPSA) is 118 Å². The van der Waals surface area contributed by atoms with Crippen LogP contribution in [0.15, 0.2) is 18.3 Å². The highest BCUT2D eigenvalue weighted by Gasteiger charge is 2.13. The number of nitrogens with zero attached hydrogens (tertiary/aromatic N) is 2. The second-order valence-electron chi connectivity index (χ2n) is 5.08. The highest BCUT2D eigenvalue weighted by atomic mass is 35.5. The maximum absolute atomic E-state index is 12.2. The van der Waals surface area contributed by atoms with Crippen LogP contribution in [0.25, 0.3) is 6.08 Å². The molecule has 0 aliphatic carbocycles. The van der Waals surface area contributed by atoms with Gasteiger partial charge in [0.05, 0.1) is 18.8 Å². The molecule has 0 radical (unpaired) electrons. The van der Waals surface area contributed by atoms with E-state index >= 15 is 0 Å². The van der Waals surface area contributed by atoms with Crippen LogP contribution in [0.4, 0.5) is 5.82 Å². The molecule has 0 bridgehead atoms. The van der Waals surface area contributed by atoms with Crippen molar-refractivity contribution in [3.05, 3.63) is 29.5 Å². The number of morpholine rings is 1. The van der Waals surface area contributed by atoms with Crippen molar-refractivity contribution >= 4 is 36.2 Å². The first kappa shape index (κ1) is 19.9. The molecule has 1 amide bonds. The van der Waals surface area contributed by atoms with Crippen LogP contribution in [0.1, 0.15) is 15.9 Å². The Morgan fingerprint density at radius 1 is 1.42 bits per heavy atom. The number of aliphatic carboxylic acids is 1. The molecule has 0 unspecified atom stereocenters. The predicted molar refractivity (Wildman–Crippen MR) is 92.2 cm³/mol. The van der Waals surface area contributed by atoms with E-state index in [1.807, 2.05) is 0 Å². The lowest BCUT2D eigenvalue weighted by Gasteiger charge is -2.26. The molecule has 1 aromatic heterocycles. The number of carbonyl (C=O) groups is 2. The van der Waals surface area contributed by atoms with E-state index in [9.17, 15) is 9.59 Å². The number of rotatable bonds is 6. The number of anilines is 1. The molecule has 1 saturated heterocycles. The van der Waals surface area contributed by atoms with E-state index < -0.39 is 5.97 Å². The molecule has 0 aromatic carbocycles. The van der Waals surface area contributed by atoms with E-state index in [0.29, 0.717) is 25.3 Å². The summed E-state index contributed by atoms with van der Waals surface area (Å²) < 4.78 is 5.26. The number of pyridine rings is 1. The Labute approximate surface area is 146 Å². The number of amides is 1. The highest BCUT2D eigenvalue weighted by molar-refractivity contribution is 5.99. The third-order valence-corrected chi connectivity index (χ3v) is 3.42. The molecule has 2 rings (SSSR count). The number of carboxylic acid groups (broad SMARTS) is 1. The maximum atomic E-state index is 12.2. The van der Waals surface area contributed by atoms with E-state index in [4.69, 9.17) is 15.6 Å². The fraction of sp³-hybridized carbons (Fsp3) is 0.400. The van der Waals surface area contributed by atoms with E-state index in [1.165, 1.54) is 18.3 Å². The monoisotopic (exact) mass is 356 g/mol. The molecule has 24 heavy (non-hydrogen) atoms. The Kier molecular flexibility index (Phi) is 8.17. The van der Waals surface area contributed by atoms with Crippen LogP contribution in [0.2, 0.25) is 0 Å². The largest absolute Gasteiger partial charge is 0.478 e. The number of carboxylic acids is 1. The SMILES string of the molecule is Cl.Nc1ncc(C=CC(=O)O)cc1C(=O)NCCN1CCOCC1. The van der Waals surface area contributed by atoms with Crippen molar-refractivity contribution in [1.82, 2.24) is 15.2 Å². The summed E-state index contributed by atoms with van der Waals surface area (Å²) >= 11 is 0. The quantitative estimate of drug-likeness (QED) is 0.625. The Balaban J connectivity index is 0.00000288. The summed E-state index contributed by atoms with van der Waals surface area (Å²) in [5, 5.41) is 11.4. The summed E-state index contributed by atoms with van der Waals surface area (Å²) in [7, 11) is 0. The third kappa shape index (κ3) is 6.15. The zero-order valence-corrected chi connectivity index (χ0v) is 13.9. The van der Waals surface area contributed by atoms with Gasteiger partial charge in [0, 0.05) is 38.5 Å². The van der Waals surface area contributed by atoms with Gasteiger partial charge >= 0.3 is 5.97 Å². The average molecular weight is 357 g/mol. The van der Waals surface area contributed by atoms with Crippen LogP contribution in [-0.4, -0.2) is 66.3 Å². The number of carbonyl (C=O) groups excluding carboxylic acids is 1. The van der Waals surface area contributed by atoms with Gasteiger partial charge in [-0.2, -0.15) is 0 Å². The Morgan fingerprint density at radius 3 is 2.79 bits per heavy atom. The lowest BCUT2D eigenvalue weighted by molar-refractivity contribution is -0.131. The van der Waals surface area contributed by atoms with Crippen LogP contribution in [-0.2, 0) is 9.53 Å². The van der Waals surface area contributed by atoms with Gasteiger partial charge in [0.2, 0.25) is 0 Å². The lowest BCUT2D eigenvalue weighted by Crippen LogP contribution is -2.41. The van der Waals surface area contributed by atoms with Gasteiger partial charge in [-0.15, -0.1) is 12.4 Å². The first-order valence-electron chi connectivity index (χ1n) is 7.31. The number of ether oxygens (including phenoxy) is 1.